The Hall–Kier alpha value is -1.10. The SMILES string of the molecule is CCCCCc1cc(F)c(C(F)(F)OC)c(F)c1. The predicted octanol–water partition coefficient (Wildman–Crippen LogP) is 4.39. The van der Waals surface area contributed by atoms with Crippen LogP contribution in [0.1, 0.15) is 37.3 Å². The van der Waals surface area contributed by atoms with E-state index in [-0.39, 0.29) is 0 Å². The van der Waals surface area contributed by atoms with Crippen molar-refractivity contribution in [2.45, 2.75) is 38.7 Å². The van der Waals surface area contributed by atoms with E-state index in [1.807, 2.05) is 6.92 Å². The summed E-state index contributed by atoms with van der Waals surface area (Å²) in [4.78, 5) is 0. The van der Waals surface area contributed by atoms with E-state index >= 15 is 0 Å². The Morgan fingerprint density at radius 1 is 1.11 bits per heavy atom. The topological polar surface area (TPSA) is 9.23 Å². The van der Waals surface area contributed by atoms with Crippen molar-refractivity contribution in [3.63, 3.8) is 0 Å². The maximum atomic E-state index is 13.5. The molecule has 0 radical (unpaired) electrons. The molecule has 1 rings (SSSR count). The molecule has 1 aromatic rings. The lowest BCUT2D eigenvalue weighted by Crippen LogP contribution is -2.20. The summed E-state index contributed by atoms with van der Waals surface area (Å²) >= 11 is 0. The van der Waals surface area contributed by atoms with Gasteiger partial charge in [-0.25, -0.2) is 8.78 Å². The molecule has 0 aliphatic rings. The van der Waals surface area contributed by atoms with Crippen LogP contribution in [0.15, 0.2) is 12.1 Å². The first kappa shape index (κ1) is 15.0. The molecular formula is C13H16F4O. The van der Waals surface area contributed by atoms with Crippen LogP contribution in [-0.2, 0) is 17.3 Å². The number of hydrogen-bond donors (Lipinski definition) is 0. The highest BCUT2D eigenvalue weighted by Gasteiger charge is 2.38. The molecule has 0 aliphatic heterocycles. The van der Waals surface area contributed by atoms with Crippen molar-refractivity contribution in [1.29, 1.82) is 0 Å². The normalized spacial score (nSPS) is 11.9. The van der Waals surface area contributed by atoms with Gasteiger partial charge in [-0.15, -0.1) is 0 Å². The van der Waals surface area contributed by atoms with Gasteiger partial charge in [0.25, 0.3) is 0 Å². The van der Waals surface area contributed by atoms with Gasteiger partial charge < -0.3 is 4.74 Å². The van der Waals surface area contributed by atoms with Crippen LogP contribution in [0, 0.1) is 11.6 Å². The molecule has 0 atom stereocenters. The number of halogens is 4. The molecule has 0 fully saturated rings. The zero-order valence-corrected chi connectivity index (χ0v) is 10.4. The van der Waals surface area contributed by atoms with Gasteiger partial charge >= 0.3 is 6.11 Å². The van der Waals surface area contributed by atoms with Crippen LogP contribution in [0.25, 0.3) is 0 Å². The molecule has 5 heteroatoms. The van der Waals surface area contributed by atoms with Crippen molar-refractivity contribution in [2.75, 3.05) is 7.11 Å². The first-order valence-corrected chi connectivity index (χ1v) is 5.83. The van der Waals surface area contributed by atoms with Crippen molar-refractivity contribution < 1.29 is 22.3 Å². The Bertz CT molecular complexity index is 381. The van der Waals surface area contributed by atoms with E-state index < -0.39 is 23.3 Å². The van der Waals surface area contributed by atoms with Crippen LogP contribution in [0.5, 0.6) is 0 Å². The molecule has 0 aromatic heterocycles. The molecule has 0 unspecified atom stereocenters. The fourth-order valence-electron chi connectivity index (χ4n) is 1.73. The lowest BCUT2D eigenvalue weighted by molar-refractivity contribution is -0.235. The lowest BCUT2D eigenvalue weighted by atomic mass is 10.0. The van der Waals surface area contributed by atoms with E-state index in [0.717, 1.165) is 31.4 Å². The molecule has 0 heterocycles. The molecule has 0 aliphatic carbocycles. The van der Waals surface area contributed by atoms with Gasteiger partial charge in [-0.3, -0.25) is 0 Å². The summed E-state index contributed by atoms with van der Waals surface area (Å²) in [6.07, 6.45) is -0.796. The van der Waals surface area contributed by atoms with Gasteiger partial charge in [0.1, 0.15) is 17.2 Å². The lowest BCUT2D eigenvalue weighted by Gasteiger charge is -2.16. The largest absolute Gasteiger partial charge is 0.388 e. The molecule has 0 N–H and O–H groups in total. The monoisotopic (exact) mass is 264 g/mol. The minimum Gasteiger partial charge on any atom is -0.320 e. The number of unbranched alkanes of at least 4 members (excludes halogenated alkanes) is 2. The van der Waals surface area contributed by atoms with Crippen molar-refractivity contribution in [1.82, 2.24) is 0 Å². The zero-order chi connectivity index (χ0) is 13.8. The molecule has 0 spiro atoms. The average Bonchev–Trinajstić information content (AvgIpc) is 2.28. The number of methoxy groups -OCH3 is 1. The van der Waals surface area contributed by atoms with Gasteiger partial charge in [-0.05, 0) is 30.5 Å². The average molecular weight is 264 g/mol. The second kappa shape index (κ2) is 6.18. The van der Waals surface area contributed by atoms with Crippen LogP contribution < -0.4 is 0 Å². The van der Waals surface area contributed by atoms with E-state index in [2.05, 4.69) is 4.74 Å². The van der Waals surface area contributed by atoms with Crippen molar-refractivity contribution in [2.24, 2.45) is 0 Å². The van der Waals surface area contributed by atoms with Crippen molar-refractivity contribution >= 4 is 0 Å². The number of benzene rings is 1. The van der Waals surface area contributed by atoms with Gasteiger partial charge in [-0.2, -0.15) is 8.78 Å². The smallest absolute Gasteiger partial charge is 0.320 e. The fraction of sp³-hybridized carbons (Fsp3) is 0.538. The standard InChI is InChI=1S/C13H16F4O/c1-3-4-5-6-9-7-10(14)12(11(15)8-9)13(16,17)18-2/h7-8H,3-6H2,1-2H3. The summed E-state index contributed by atoms with van der Waals surface area (Å²) < 4.78 is 57.1. The van der Waals surface area contributed by atoms with Crippen LogP contribution in [0.2, 0.25) is 0 Å². The van der Waals surface area contributed by atoms with E-state index in [1.165, 1.54) is 0 Å². The number of alkyl halides is 2. The first-order valence-electron chi connectivity index (χ1n) is 5.83. The maximum Gasteiger partial charge on any atom is 0.388 e. The first-order chi connectivity index (χ1) is 8.42. The van der Waals surface area contributed by atoms with E-state index in [1.54, 1.807) is 0 Å². The van der Waals surface area contributed by atoms with E-state index in [4.69, 9.17) is 0 Å². The maximum absolute atomic E-state index is 13.5. The van der Waals surface area contributed by atoms with Gasteiger partial charge in [0.05, 0.1) is 0 Å². The second-order valence-electron chi connectivity index (χ2n) is 4.11. The molecule has 102 valence electrons. The number of ether oxygens (including phenoxy) is 1. The third-order valence-electron chi connectivity index (χ3n) is 2.72. The van der Waals surface area contributed by atoms with E-state index in [0.29, 0.717) is 19.1 Å². The number of aryl methyl sites for hydroxylation is 1. The van der Waals surface area contributed by atoms with Gasteiger partial charge in [0.2, 0.25) is 0 Å². The third kappa shape index (κ3) is 3.45. The van der Waals surface area contributed by atoms with Crippen LogP contribution in [0.3, 0.4) is 0 Å². The summed E-state index contributed by atoms with van der Waals surface area (Å²) in [5.74, 6) is -2.54. The summed E-state index contributed by atoms with van der Waals surface area (Å²) in [6, 6.07) is 1.89. The Morgan fingerprint density at radius 2 is 1.67 bits per heavy atom. The van der Waals surface area contributed by atoms with Gasteiger partial charge in [-0.1, -0.05) is 19.8 Å². The summed E-state index contributed by atoms with van der Waals surface area (Å²) in [5.41, 5.74) is -0.946. The van der Waals surface area contributed by atoms with Crippen molar-refractivity contribution in [3.8, 4) is 0 Å². The molecule has 1 aromatic carbocycles. The Kier molecular flexibility index (Phi) is 5.14. The predicted molar refractivity (Wildman–Crippen MR) is 60.5 cm³/mol. The summed E-state index contributed by atoms with van der Waals surface area (Å²) in [5, 5.41) is 0. The summed E-state index contributed by atoms with van der Waals surface area (Å²) in [7, 11) is 0.702. The Labute approximate surface area is 104 Å². The molecular weight excluding hydrogens is 248 g/mol. The highest BCUT2D eigenvalue weighted by Crippen LogP contribution is 2.33. The summed E-state index contributed by atoms with van der Waals surface area (Å²) in [6.45, 7) is 2.00. The number of hydrogen-bond acceptors (Lipinski definition) is 1. The highest BCUT2D eigenvalue weighted by atomic mass is 19.3. The fourth-order valence-corrected chi connectivity index (χ4v) is 1.73. The molecule has 0 bridgehead atoms. The van der Waals surface area contributed by atoms with Crippen LogP contribution in [0.4, 0.5) is 17.6 Å². The van der Waals surface area contributed by atoms with Crippen molar-refractivity contribution in [3.05, 3.63) is 34.9 Å². The highest BCUT2D eigenvalue weighted by molar-refractivity contribution is 5.28. The molecule has 18 heavy (non-hydrogen) atoms. The molecule has 0 saturated carbocycles. The third-order valence-corrected chi connectivity index (χ3v) is 2.72. The second-order valence-corrected chi connectivity index (χ2v) is 4.11. The number of rotatable bonds is 6. The zero-order valence-electron chi connectivity index (χ0n) is 10.4. The van der Waals surface area contributed by atoms with Crippen LogP contribution in [-0.4, -0.2) is 7.11 Å². The minimum atomic E-state index is -3.95. The van der Waals surface area contributed by atoms with Gasteiger partial charge in [0.15, 0.2) is 0 Å². The Balaban J connectivity index is 2.98. The quantitative estimate of drug-likeness (QED) is 0.547. The molecule has 0 amide bonds. The molecule has 0 saturated heterocycles. The van der Waals surface area contributed by atoms with E-state index in [9.17, 15) is 17.6 Å². The van der Waals surface area contributed by atoms with Crippen LogP contribution >= 0.6 is 0 Å². The van der Waals surface area contributed by atoms with Gasteiger partial charge in [0, 0.05) is 7.11 Å². The Morgan fingerprint density at radius 3 is 2.11 bits per heavy atom. The minimum absolute atomic E-state index is 0.383. The molecule has 1 nitrogen and oxygen atoms in total.